The summed E-state index contributed by atoms with van der Waals surface area (Å²) < 4.78 is 1.21. The van der Waals surface area contributed by atoms with Crippen molar-refractivity contribution >= 4 is 32.9 Å². The van der Waals surface area contributed by atoms with E-state index >= 15 is 0 Å². The second-order valence-electron chi connectivity index (χ2n) is 3.14. The number of hydrogen-bond acceptors (Lipinski definition) is 4. The zero-order valence-corrected chi connectivity index (χ0v) is 12.4. The summed E-state index contributed by atoms with van der Waals surface area (Å²) in [5, 5.41) is 4.05. The van der Waals surface area contributed by atoms with Crippen LogP contribution in [-0.4, -0.2) is 9.97 Å². The molecule has 83 valence electrons. The van der Waals surface area contributed by atoms with Crippen LogP contribution in [0.25, 0.3) is 20.8 Å². The predicted molar refractivity (Wildman–Crippen MR) is 64.3 cm³/mol. The number of benzene rings is 1. The number of aryl methyl sites for hydroxylation is 1. The van der Waals surface area contributed by atoms with Crippen molar-refractivity contribution in [1.29, 1.82) is 0 Å². The third kappa shape index (κ3) is 1.96. The molecule has 0 N–H and O–H groups in total. The fourth-order valence-electron chi connectivity index (χ4n) is 1.51. The van der Waals surface area contributed by atoms with Crippen LogP contribution < -0.4 is 0 Å². The molecular formula is C11H7IrN2S2-. The molecule has 0 fully saturated rings. The number of nitrogens with zero attached hydrogens (tertiary/aromatic N) is 2. The molecule has 3 rings (SSSR count). The Bertz CT molecular complexity index is 602. The first-order valence-corrected chi connectivity index (χ1v) is 6.22. The molecule has 1 radical (unpaired) electrons. The van der Waals surface area contributed by atoms with Crippen molar-refractivity contribution in [3.05, 3.63) is 34.8 Å². The van der Waals surface area contributed by atoms with Crippen LogP contribution >= 0.6 is 22.7 Å². The second-order valence-corrected chi connectivity index (χ2v) is 5.27. The normalized spacial score (nSPS) is 10.3. The van der Waals surface area contributed by atoms with Crippen molar-refractivity contribution in [3.8, 4) is 10.6 Å². The van der Waals surface area contributed by atoms with Gasteiger partial charge in [0.2, 0.25) is 0 Å². The van der Waals surface area contributed by atoms with Crippen LogP contribution in [0, 0.1) is 13.0 Å². The molecule has 0 atom stereocenters. The van der Waals surface area contributed by atoms with Gasteiger partial charge in [0.1, 0.15) is 0 Å². The summed E-state index contributed by atoms with van der Waals surface area (Å²) in [5.41, 5.74) is 2.04. The third-order valence-electron chi connectivity index (χ3n) is 2.11. The number of hydrogen-bond donors (Lipinski definition) is 0. The van der Waals surface area contributed by atoms with Gasteiger partial charge in [-0.2, -0.15) is 11.3 Å². The van der Waals surface area contributed by atoms with Crippen LogP contribution in [0.15, 0.2) is 23.7 Å². The minimum absolute atomic E-state index is 0. The van der Waals surface area contributed by atoms with Crippen LogP contribution in [0.1, 0.15) is 5.01 Å². The van der Waals surface area contributed by atoms with E-state index in [0.29, 0.717) is 0 Å². The standard InChI is InChI=1S/C11H7N2S2.Ir/c1-7-13-10-8(11-12-5-6-14-11)3-2-4-9(10)15-7;/h2,4-6H,1H3;/q-1;. The van der Waals surface area contributed by atoms with Gasteiger partial charge in [-0.05, 0) is 11.6 Å². The zero-order chi connectivity index (χ0) is 10.3. The van der Waals surface area contributed by atoms with Crippen molar-refractivity contribution in [2.24, 2.45) is 0 Å². The van der Waals surface area contributed by atoms with Gasteiger partial charge in [-0.3, -0.25) is 9.97 Å². The largest absolute Gasteiger partial charge is 0.293 e. The molecular weight excluding hydrogens is 416 g/mol. The molecule has 3 aromatic rings. The van der Waals surface area contributed by atoms with Crippen LogP contribution in [-0.2, 0) is 20.1 Å². The zero-order valence-electron chi connectivity index (χ0n) is 8.35. The Balaban J connectivity index is 0.000000963. The number of thiazole rings is 2. The third-order valence-corrected chi connectivity index (χ3v) is 3.83. The monoisotopic (exact) mass is 424 g/mol. The molecule has 0 spiro atoms. The molecule has 5 heteroatoms. The van der Waals surface area contributed by atoms with Crippen LogP contribution in [0.5, 0.6) is 0 Å². The Morgan fingerprint density at radius 1 is 1.38 bits per heavy atom. The first kappa shape index (κ1) is 11.9. The predicted octanol–water partition coefficient (Wildman–Crippen LogP) is 3.53. The summed E-state index contributed by atoms with van der Waals surface area (Å²) in [6, 6.07) is 7.21. The maximum absolute atomic E-state index is 4.52. The molecule has 0 aliphatic carbocycles. The van der Waals surface area contributed by atoms with Gasteiger partial charge >= 0.3 is 0 Å². The van der Waals surface area contributed by atoms with Gasteiger partial charge in [-0.15, -0.1) is 29.5 Å². The van der Waals surface area contributed by atoms with E-state index < -0.39 is 0 Å². The number of fused-ring (bicyclic) bond motifs is 1. The van der Waals surface area contributed by atoms with E-state index in [0.717, 1.165) is 21.1 Å². The molecule has 0 unspecified atom stereocenters. The van der Waals surface area contributed by atoms with Gasteiger partial charge in [0.05, 0.1) is 5.01 Å². The molecule has 2 heterocycles. The molecule has 0 aliphatic rings. The van der Waals surface area contributed by atoms with Crippen molar-refractivity contribution in [2.45, 2.75) is 6.92 Å². The van der Waals surface area contributed by atoms with Crippen molar-refractivity contribution < 1.29 is 20.1 Å². The molecule has 2 aromatic heterocycles. The van der Waals surface area contributed by atoms with Crippen LogP contribution in [0.2, 0.25) is 0 Å². The van der Waals surface area contributed by atoms with Crippen molar-refractivity contribution in [3.63, 3.8) is 0 Å². The average molecular weight is 424 g/mol. The maximum Gasteiger partial charge on any atom is 0.0779 e. The second kappa shape index (κ2) is 4.72. The summed E-state index contributed by atoms with van der Waals surface area (Å²) >= 11 is 3.33. The molecule has 0 aliphatic heterocycles. The van der Waals surface area contributed by atoms with Gasteiger partial charge < -0.3 is 0 Å². The minimum atomic E-state index is 0. The number of aromatic nitrogens is 2. The summed E-state index contributed by atoms with van der Waals surface area (Å²) in [7, 11) is 0. The van der Waals surface area contributed by atoms with E-state index in [2.05, 4.69) is 22.1 Å². The fraction of sp³-hybridized carbons (Fsp3) is 0.0909. The molecule has 0 saturated carbocycles. The maximum atomic E-state index is 4.52. The van der Waals surface area contributed by atoms with Gasteiger partial charge in [-0.25, -0.2) is 0 Å². The summed E-state index contributed by atoms with van der Waals surface area (Å²) in [6.45, 7) is 2.02. The van der Waals surface area contributed by atoms with E-state index in [4.69, 9.17) is 0 Å². The Labute approximate surface area is 115 Å². The van der Waals surface area contributed by atoms with E-state index in [1.54, 1.807) is 22.7 Å². The molecule has 16 heavy (non-hydrogen) atoms. The Hall–Kier alpha value is -0.611. The summed E-state index contributed by atoms with van der Waals surface area (Å²) in [4.78, 5) is 8.82. The van der Waals surface area contributed by atoms with E-state index in [1.165, 1.54) is 4.70 Å². The van der Waals surface area contributed by atoms with Gasteiger partial charge in [0, 0.05) is 42.2 Å². The van der Waals surface area contributed by atoms with E-state index in [9.17, 15) is 0 Å². The molecule has 1 aromatic carbocycles. The molecule has 2 nitrogen and oxygen atoms in total. The molecule has 0 bridgehead atoms. The minimum Gasteiger partial charge on any atom is -0.293 e. The Morgan fingerprint density at radius 3 is 3.00 bits per heavy atom. The Morgan fingerprint density at radius 2 is 2.25 bits per heavy atom. The molecule has 0 amide bonds. The fourth-order valence-corrected chi connectivity index (χ4v) is 3.00. The van der Waals surface area contributed by atoms with Crippen LogP contribution in [0.3, 0.4) is 0 Å². The van der Waals surface area contributed by atoms with Crippen molar-refractivity contribution in [1.82, 2.24) is 9.97 Å². The topological polar surface area (TPSA) is 25.8 Å². The Kier molecular flexibility index (Phi) is 3.50. The van der Waals surface area contributed by atoms with Gasteiger partial charge in [0.15, 0.2) is 0 Å². The van der Waals surface area contributed by atoms with E-state index in [-0.39, 0.29) is 20.1 Å². The first-order chi connectivity index (χ1) is 7.34. The smallest absolute Gasteiger partial charge is 0.0779 e. The van der Waals surface area contributed by atoms with Gasteiger partial charge in [-0.1, -0.05) is 5.56 Å². The summed E-state index contributed by atoms with van der Waals surface area (Å²) in [5.74, 6) is 0. The molecule has 0 saturated heterocycles. The van der Waals surface area contributed by atoms with Crippen molar-refractivity contribution in [2.75, 3.05) is 0 Å². The SMILES string of the molecule is Cc1nc2c(-c3nccs3)[c-]ccc2s1.[Ir]. The first-order valence-electron chi connectivity index (χ1n) is 4.52. The summed E-state index contributed by atoms with van der Waals surface area (Å²) in [6.07, 6.45) is 1.81. The van der Waals surface area contributed by atoms with Gasteiger partial charge in [0.25, 0.3) is 0 Å². The quantitative estimate of drug-likeness (QED) is 0.560. The number of rotatable bonds is 1. The average Bonchev–Trinajstić information content (AvgIpc) is 2.82. The van der Waals surface area contributed by atoms with Crippen LogP contribution in [0.4, 0.5) is 0 Å². The van der Waals surface area contributed by atoms with E-state index in [1.807, 2.05) is 24.6 Å².